The standard InChI is InChI=1S/C20H30N2O3/c23-18(17-7-11-25-12-8-17)14-21-19(24)22-15-20(9-4-10-20)13-16-5-2-1-3-6-16/h1-3,5-6,17-18,23H,4,7-15H2,(H2,21,22,24)/t18-/m0/s1. The van der Waals surface area contributed by atoms with Crippen molar-refractivity contribution in [3.8, 4) is 0 Å². The average molecular weight is 346 g/mol. The Hall–Kier alpha value is -1.59. The number of aliphatic hydroxyl groups excluding tert-OH is 1. The van der Waals surface area contributed by atoms with Crippen LogP contribution in [-0.2, 0) is 11.2 Å². The maximum atomic E-state index is 12.1. The molecule has 0 aromatic heterocycles. The lowest BCUT2D eigenvalue weighted by Crippen LogP contribution is -2.48. The molecule has 2 amide bonds. The van der Waals surface area contributed by atoms with Crippen molar-refractivity contribution >= 4 is 6.03 Å². The molecule has 25 heavy (non-hydrogen) atoms. The number of nitrogens with one attached hydrogen (secondary N) is 2. The Balaban J connectivity index is 1.40. The summed E-state index contributed by atoms with van der Waals surface area (Å²) in [5, 5.41) is 16.0. The van der Waals surface area contributed by atoms with Crippen LogP contribution in [0.3, 0.4) is 0 Å². The van der Waals surface area contributed by atoms with Crippen LogP contribution in [0.5, 0.6) is 0 Å². The molecule has 1 aliphatic carbocycles. The maximum absolute atomic E-state index is 12.1. The quantitative estimate of drug-likeness (QED) is 0.710. The molecule has 1 aromatic carbocycles. The molecular weight excluding hydrogens is 316 g/mol. The van der Waals surface area contributed by atoms with Gasteiger partial charge < -0.3 is 20.5 Å². The van der Waals surface area contributed by atoms with Gasteiger partial charge in [0, 0.05) is 26.3 Å². The second-order valence-corrected chi connectivity index (χ2v) is 7.60. The molecule has 3 N–H and O–H groups in total. The largest absolute Gasteiger partial charge is 0.391 e. The second-order valence-electron chi connectivity index (χ2n) is 7.60. The van der Waals surface area contributed by atoms with Gasteiger partial charge in [-0.25, -0.2) is 4.79 Å². The summed E-state index contributed by atoms with van der Waals surface area (Å²) in [6, 6.07) is 10.3. The lowest BCUT2D eigenvalue weighted by Gasteiger charge is -2.42. The van der Waals surface area contributed by atoms with E-state index in [0.29, 0.717) is 26.3 Å². The predicted octanol–water partition coefficient (Wildman–Crippen LogP) is 2.49. The van der Waals surface area contributed by atoms with Gasteiger partial charge in [0.1, 0.15) is 0 Å². The molecule has 1 saturated carbocycles. The Morgan fingerprint density at radius 1 is 1.20 bits per heavy atom. The monoisotopic (exact) mass is 346 g/mol. The number of benzene rings is 1. The Morgan fingerprint density at radius 3 is 2.56 bits per heavy atom. The summed E-state index contributed by atoms with van der Waals surface area (Å²) in [7, 11) is 0. The summed E-state index contributed by atoms with van der Waals surface area (Å²) in [6.45, 7) is 2.41. The summed E-state index contributed by atoms with van der Waals surface area (Å²) in [5.74, 6) is 0.227. The van der Waals surface area contributed by atoms with Crippen LogP contribution in [-0.4, -0.2) is 43.5 Å². The molecule has 5 heteroatoms. The molecule has 0 radical (unpaired) electrons. The molecule has 0 unspecified atom stereocenters. The molecule has 2 aliphatic rings. The number of urea groups is 1. The zero-order chi connectivity index (χ0) is 17.5. The van der Waals surface area contributed by atoms with Gasteiger partial charge in [0.15, 0.2) is 0 Å². The average Bonchev–Trinajstić information content (AvgIpc) is 2.63. The van der Waals surface area contributed by atoms with Crippen molar-refractivity contribution in [2.75, 3.05) is 26.3 Å². The number of ether oxygens (including phenoxy) is 1. The van der Waals surface area contributed by atoms with Crippen molar-refractivity contribution in [2.24, 2.45) is 11.3 Å². The molecule has 1 aliphatic heterocycles. The lowest BCUT2D eigenvalue weighted by molar-refractivity contribution is 0.00944. The fourth-order valence-corrected chi connectivity index (χ4v) is 3.92. The number of rotatable bonds is 7. The van der Waals surface area contributed by atoms with Crippen LogP contribution < -0.4 is 10.6 Å². The molecule has 1 saturated heterocycles. The third-order valence-corrected chi connectivity index (χ3v) is 5.74. The van der Waals surface area contributed by atoms with Crippen molar-refractivity contribution in [3.05, 3.63) is 35.9 Å². The second kappa shape index (κ2) is 8.68. The third-order valence-electron chi connectivity index (χ3n) is 5.74. The predicted molar refractivity (Wildman–Crippen MR) is 97.4 cm³/mol. The number of hydrogen-bond donors (Lipinski definition) is 3. The minimum absolute atomic E-state index is 0.176. The minimum Gasteiger partial charge on any atom is -0.391 e. The molecular formula is C20H30N2O3. The van der Waals surface area contributed by atoms with Gasteiger partial charge in [0.05, 0.1) is 6.10 Å². The van der Waals surface area contributed by atoms with Crippen LogP contribution in [0.1, 0.15) is 37.7 Å². The van der Waals surface area contributed by atoms with Crippen LogP contribution >= 0.6 is 0 Å². The zero-order valence-electron chi connectivity index (χ0n) is 14.9. The Labute approximate surface area is 150 Å². The highest BCUT2D eigenvalue weighted by molar-refractivity contribution is 5.73. The molecule has 1 atom stereocenters. The molecule has 1 heterocycles. The van der Waals surface area contributed by atoms with Crippen molar-refractivity contribution in [1.82, 2.24) is 10.6 Å². The maximum Gasteiger partial charge on any atom is 0.314 e. The first kappa shape index (κ1) is 18.2. The SMILES string of the molecule is O=C(NC[C@H](O)C1CCOCC1)NCC1(Cc2ccccc2)CCC1. The van der Waals surface area contributed by atoms with Crippen LogP contribution in [0.2, 0.25) is 0 Å². The number of hydrogen-bond acceptors (Lipinski definition) is 3. The van der Waals surface area contributed by atoms with Crippen LogP contribution in [0.25, 0.3) is 0 Å². The number of aliphatic hydroxyl groups is 1. The summed E-state index contributed by atoms with van der Waals surface area (Å²) in [5.41, 5.74) is 1.53. The molecule has 5 nitrogen and oxygen atoms in total. The van der Waals surface area contributed by atoms with E-state index >= 15 is 0 Å². The summed E-state index contributed by atoms with van der Waals surface area (Å²) >= 11 is 0. The van der Waals surface area contributed by atoms with Crippen molar-refractivity contribution in [1.29, 1.82) is 0 Å². The van der Waals surface area contributed by atoms with E-state index in [-0.39, 0.29) is 17.4 Å². The molecule has 0 bridgehead atoms. The third kappa shape index (κ3) is 5.19. The van der Waals surface area contributed by atoms with E-state index in [4.69, 9.17) is 4.74 Å². The summed E-state index contributed by atoms with van der Waals surface area (Å²) in [6.07, 6.45) is 5.81. The van der Waals surface area contributed by atoms with Gasteiger partial charge in [0.25, 0.3) is 0 Å². The molecule has 0 spiro atoms. The van der Waals surface area contributed by atoms with E-state index in [0.717, 1.165) is 32.1 Å². The van der Waals surface area contributed by atoms with E-state index in [2.05, 4.69) is 34.9 Å². The topological polar surface area (TPSA) is 70.6 Å². The van der Waals surface area contributed by atoms with Gasteiger partial charge in [-0.2, -0.15) is 0 Å². The van der Waals surface area contributed by atoms with Crippen molar-refractivity contribution < 1.29 is 14.6 Å². The van der Waals surface area contributed by atoms with Crippen molar-refractivity contribution in [2.45, 2.75) is 44.6 Å². The van der Waals surface area contributed by atoms with Crippen LogP contribution in [0.4, 0.5) is 4.79 Å². The molecule has 1 aromatic rings. The zero-order valence-corrected chi connectivity index (χ0v) is 14.9. The van der Waals surface area contributed by atoms with E-state index in [1.165, 1.54) is 12.0 Å². The molecule has 3 rings (SSSR count). The van der Waals surface area contributed by atoms with E-state index in [9.17, 15) is 9.90 Å². The Morgan fingerprint density at radius 2 is 1.92 bits per heavy atom. The smallest absolute Gasteiger partial charge is 0.314 e. The number of amides is 2. The first-order chi connectivity index (χ1) is 12.2. The van der Waals surface area contributed by atoms with Crippen LogP contribution in [0.15, 0.2) is 30.3 Å². The van der Waals surface area contributed by atoms with E-state index in [1.54, 1.807) is 0 Å². The fourth-order valence-electron chi connectivity index (χ4n) is 3.92. The Kier molecular flexibility index (Phi) is 6.32. The summed E-state index contributed by atoms with van der Waals surface area (Å²) in [4.78, 5) is 12.1. The number of carbonyl (C=O) groups is 1. The van der Waals surface area contributed by atoms with Gasteiger partial charge >= 0.3 is 6.03 Å². The van der Waals surface area contributed by atoms with Gasteiger partial charge in [0.2, 0.25) is 0 Å². The van der Waals surface area contributed by atoms with Gasteiger partial charge in [-0.05, 0) is 49.0 Å². The van der Waals surface area contributed by atoms with Gasteiger partial charge in [-0.1, -0.05) is 36.8 Å². The summed E-state index contributed by atoms with van der Waals surface area (Å²) < 4.78 is 5.31. The highest BCUT2D eigenvalue weighted by atomic mass is 16.5. The van der Waals surface area contributed by atoms with Gasteiger partial charge in [-0.15, -0.1) is 0 Å². The van der Waals surface area contributed by atoms with E-state index in [1.807, 2.05) is 6.07 Å². The highest BCUT2D eigenvalue weighted by Crippen LogP contribution is 2.43. The van der Waals surface area contributed by atoms with Crippen molar-refractivity contribution in [3.63, 3.8) is 0 Å². The van der Waals surface area contributed by atoms with Crippen LogP contribution in [0, 0.1) is 11.3 Å². The Bertz CT molecular complexity index is 539. The normalized spacial score (nSPS) is 21.2. The molecule has 138 valence electrons. The van der Waals surface area contributed by atoms with Gasteiger partial charge in [-0.3, -0.25) is 0 Å². The minimum atomic E-state index is -0.489. The first-order valence-corrected chi connectivity index (χ1v) is 9.48. The molecule has 2 fully saturated rings. The number of carbonyl (C=O) groups excluding carboxylic acids is 1. The first-order valence-electron chi connectivity index (χ1n) is 9.48. The highest BCUT2D eigenvalue weighted by Gasteiger charge is 2.37. The lowest BCUT2D eigenvalue weighted by atomic mass is 9.65. The van der Waals surface area contributed by atoms with E-state index < -0.39 is 6.10 Å². The fraction of sp³-hybridized carbons (Fsp3) is 0.650.